The second-order valence-corrected chi connectivity index (χ2v) is 8.43. The fourth-order valence-corrected chi connectivity index (χ4v) is 4.25. The van der Waals surface area contributed by atoms with Gasteiger partial charge in [-0.1, -0.05) is 18.7 Å². The van der Waals surface area contributed by atoms with Crippen LogP contribution in [-0.2, 0) is 7.05 Å². The maximum Gasteiger partial charge on any atom is 0.139 e. The maximum absolute atomic E-state index is 4.81. The van der Waals surface area contributed by atoms with Crippen LogP contribution in [0.5, 0.6) is 0 Å². The molecule has 7 nitrogen and oxygen atoms in total. The van der Waals surface area contributed by atoms with Crippen LogP contribution in [0.15, 0.2) is 55.6 Å². The van der Waals surface area contributed by atoms with Gasteiger partial charge < -0.3 is 9.80 Å². The molecule has 1 saturated heterocycles. The van der Waals surface area contributed by atoms with Gasteiger partial charge in [0.05, 0.1) is 17.4 Å². The highest BCUT2D eigenvalue weighted by atomic mass is 15.3. The van der Waals surface area contributed by atoms with Gasteiger partial charge >= 0.3 is 0 Å². The van der Waals surface area contributed by atoms with E-state index < -0.39 is 0 Å². The topological polar surface area (TPSA) is 63.0 Å². The predicted octanol–water partition coefficient (Wildman–Crippen LogP) is 3.55. The fourth-order valence-electron chi connectivity index (χ4n) is 4.25. The van der Waals surface area contributed by atoms with Gasteiger partial charge in [0, 0.05) is 61.6 Å². The van der Waals surface area contributed by atoms with Crippen LogP contribution < -0.4 is 4.90 Å². The van der Waals surface area contributed by atoms with Crippen LogP contribution in [-0.4, -0.2) is 62.9 Å². The van der Waals surface area contributed by atoms with E-state index in [0.29, 0.717) is 0 Å². The molecule has 0 atom stereocenters. The molecule has 4 aromatic rings. The van der Waals surface area contributed by atoms with Gasteiger partial charge in [-0.05, 0) is 43.3 Å². The summed E-state index contributed by atoms with van der Waals surface area (Å²) in [5.74, 6) is 1.000. The number of benzene rings is 1. The Bertz CT molecular complexity index is 1300. The normalized spacial score (nSPS) is 14.8. The summed E-state index contributed by atoms with van der Waals surface area (Å²) in [4.78, 5) is 18.6. The maximum atomic E-state index is 4.81. The first kappa shape index (κ1) is 20.3. The summed E-state index contributed by atoms with van der Waals surface area (Å²) in [5.41, 5.74) is 6.86. The van der Waals surface area contributed by atoms with E-state index >= 15 is 0 Å². The molecule has 32 heavy (non-hydrogen) atoms. The van der Waals surface area contributed by atoms with E-state index in [-0.39, 0.29) is 0 Å². The Morgan fingerprint density at radius 3 is 2.53 bits per heavy atom. The predicted molar refractivity (Wildman–Crippen MR) is 129 cm³/mol. The van der Waals surface area contributed by atoms with Crippen molar-refractivity contribution in [3.63, 3.8) is 0 Å². The molecule has 3 aromatic heterocycles. The number of piperazine rings is 1. The fraction of sp³-hybridized carbons (Fsp3) is 0.280. The van der Waals surface area contributed by atoms with E-state index in [1.165, 1.54) is 0 Å². The lowest BCUT2D eigenvalue weighted by molar-refractivity contribution is 0.312. The summed E-state index contributed by atoms with van der Waals surface area (Å²) in [6.45, 7) is 10.4. The lowest BCUT2D eigenvalue weighted by atomic mass is 9.96. The summed E-state index contributed by atoms with van der Waals surface area (Å²) in [6.07, 6.45) is 5.47. The Morgan fingerprint density at radius 2 is 1.81 bits per heavy atom. The highest BCUT2D eigenvalue weighted by molar-refractivity contribution is 5.93. The van der Waals surface area contributed by atoms with Gasteiger partial charge in [0.25, 0.3) is 0 Å². The summed E-state index contributed by atoms with van der Waals surface area (Å²) in [5, 5.41) is 5.31. The molecule has 1 aromatic carbocycles. The Balaban J connectivity index is 1.49. The van der Waals surface area contributed by atoms with E-state index in [9.17, 15) is 0 Å². The smallest absolute Gasteiger partial charge is 0.139 e. The summed E-state index contributed by atoms with van der Waals surface area (Å²) >= 11 is 0. The Kier molecular flexibility index (Phi) is 5.19. The van der Waals surface area contributed by atoms with E-state index in [0.717, 1.165) is 76.6 Å². The summed E-state index contributed by atoms with van der Waals surface area (Å²) < 4.78 is 1.79. The lowest BCUT2D eigenvalue weighted by Crippen LogP contribution is -2.44. The van der Waals surface area contributed by atoms with Crippen molar-refractivity contribution in [2.45, 2.75) is 6.92 Å². The molecule has 1 fully saturated rings. The number of pyridine rings is 1. The van der Waals surface area contributed by atoms with Crippen molar-refractivity contribution in [2.24, 2.45) is 7.05 Å². The number of fused-ring (bicyclic) bond motifs is 1. The number of likely N-dealkylation sites (N-methyl/N-ethyl adjacent to an activating group) is 1. The molecule has 1 aliphatic rings. The first-order valence-electron chi connectivity index (χ1n) is 10.8. The third-order valence-electron chi connectivity index (χ3n) is 6.18. The molecular formula is C25H27N7. The molecule has 0 unspecified atom stereocenters. The van der Waals surface area contributed by atoms with Crippen molar-refractivity contribution in [2.75, 3.05) is 38.1 Å². The lowest BCUT2D eigenvalue weighted by Gasteiger charge is -2.33. The van der Waals surface area contributed by atoms with Gasteiger partial charge in [0.2, 0.25) is 0 Å². The zero-order valence-electron chi connectivity index (χ0n) is 18.8. The number of rotatable bonds is 4. The van der Waals surface area contributed by atoms with Crippen LogP contribution in [0.3, 0.4) is 0 Å². The number of aryl methyl sites for hydroxylation is 2. The molecule has 162 valence electrons. The number of hydrogen-bond donors (Lipinski definition) is 0. The van der Waals surface area contributed by atoms with Crippen molar-refractivity contribution in [3.8, 4) is 11.3 Å². The zero-order valence-corrected chi connectivity index (χ0v) is 18.8. The minimum Gasteiger partial charge on any atom is -0.353 e. The molecule has 0 radical (unpaired) electrons. The SMILES string of the molecule is C=C(c1ccc2ncnc(N3CCN(C)CC3)c2c1)c1ccc(-c2cnn(C)c2)nc1C. The van der Waals surface area contributed by atoms with Gasteiger partial charge in [0.1, 0.15) is 12.1 Å². The summed E-state index contributed by atoms with van der Waals surface area (Å²) in [6, 6.07) is 10.4. The van der Waals surface area contributed by atoms with Crippen molar-refractivity contribution < 1.29 is 0 Å². The van der Waals surface area contributed by atoms with Gasteiger partial charge in [0.15, 0.2) is 0 Å². The minimum absolute atomic E-state index is 0.913. The second kappa shape index (κ2) is 8.16. The molecule has 0 saturated carbocycles. The molecule has 0 aliphatic carbocycles. The molecule has 7 heteroatoms. The molecule has 1 aliphatic heterocycles. The van der Waals surface area contributed by atoms with Crippen LogP contribution in [0.25, 0.3) is 27.7 Å². The molecule has 0 amide bonds. The van der Waals surface area contributed by atoms with Crippen molar-refractivity contribution >= 4 is 22.3 Å². The highest BCUT2D eigenvalue weighted by Crippen LogP contribution is 2.31. The van der Waals surface area contributed by atoms with E-state index in [2.05, 4.69) is 62.8 Å². The third kappa shape index (κ3) is 3.76. The van der Waals surface area contributed by atoms with Gasteiger partial charge in [-0.15, -0.1) is 0 Å². The quantitative estimate of drug-likeness (QED) is 0.498. The van der Waals surface area contributed by atoms with E-state index in [1.807, 2.05) is 32.4 Å². The Labute approximate surface area is 188 Å². The van der Waals surface area contributed by atoms with Crippen molar-refractivity contribution in [1.29, 1.82) is 0 Å². The van der Waals surface area contributed by atoms with Gasteiger partial charge in [-0.2, -0.15) is 5.10 Å². The highest BCUT2D eigenvalue weighted by Gasteiger charge is 2.18. The first-order valence-corrected chi connectivity index (χ1v) is 10.8. The molecule has 0 N–H and O–H groups in total. The van der Waals surface area contributed by atoms with E-state index in [1.54, 1.807) is 11.0 Å². The van der Waals surface area contributed by atoms with Gasteiger partial charge in [-0.3, -0.25) is 9.67 Å². The number of nitrogens with zero attached hydrogens (tertiary/aromatic N) is 7. The van der Waals surface area contributed by atoms with Gasteiger partial charge in [-0.25, -0.2) is 9.97 Å². The molecule has 5 rings (SSSR count). The van der Waals surface area contributed by atoms with Crippen LogP contribution in [0.1, 0.15) is 16.8 Å². The third-order valence-corrected chi connectivity index (χ3v) is 6.18. The molecular weight excluding hydrogens is 398 g/mol. The average molecular weight is 426 g/mol. The van der Waals surface area contributed by atoms with Crippen LogP contribution in [0.4, 0.5) is 5.82 Å². The number of anilines is 1. The minimum atomic E-state index is 0.913. The standard InChI is InChI=1S/C25H27N7/c1-17(21-6-8-23(29-18(21)2)20-14-28-31(4)15-20)19-5-7-24-22(13-19)25(27-16-26-24)32-11-9-30(3)10-12-32/h5-8,13-16H,1,9-12H2,2-4H3. The largest absolute Gasteiger partial charge is 0.353 e. The summed E-state index contributed by atoms with van der Waals surface area (Å²) in [7, 11) is 4.07. The molecule has 0 spiro atoms. The number of aromatic nitrogens is 5. The number of hydrogen-bond acceptors (Lipinski definition) is 6. The van der Waals surface area contributed by atoms with Crippen LogP contribution >= 0.6 is 0 Å². The van der Waals surface area contributed by atoms with E-state index in [4.69, 9.17) is 4.98 Å². The zero-order chi connectivity index (χ0) is 22.2. The van der Waals surface area contributed by atoms with Crippen molar-refractivity contribution in [3.05, 3.63) is 72.5 Å². The molecule has 0 bridgehead atoms. The average Bonchev–Trinajstić information content (AvgIpc) is 3.25. The first-order chi connectivity index (χ1) is 15.5. The molecule has 4 heterocycles. The monoisotopic (exact) mass is 425 g/mol. The van der Waals surface area contributed by atoms with Crippen LogP contribution in [0.2, 0.25) is 0 Å². The van der Waals surface area contributed by atoms with Crippen molar-refractivity contribution in [1.82, 2.24) is 29.6 Å². The Hall–Kier alpha value is -3.58. The van der Waals surface area contributed by atoms with Crippen LogP contribution in [0, 0.1) is 6.92 Å². The Morgan fingerprint density at radius 1 is 1.00 bits per heavy atom. The second-order valence-electron chi connectivity index (χ2n) is 8.43.